The highest BCUT2D eigenvalue weighted by Crippen LogP contribution is 2.18. The molecule has 0 saturated heterocycles. The second-order valence-corrected chi connectivity index (χ2v) is 5.86. The summed E-state index contributed by atoms with van der Waals surface area (Å²) < 4.78 is 0. The van der Waals surface area contributed by atoms with E-state index in [0.29, 0.717) is 18.2 Å². The number of halogens is 2. The van der Waals surface area contributed by atoms with Crippen LogP contribution in [-0.2, 0) is 6.42 Å². The van der Waals surface area contributed by atoms with Crippen LogP contribution in [-0.4, -0.2) is 17.4 Å². The molecule has 2 rings (SSSR count). The van der Waals surface area contributed by atoms with E-state index in [4.69, 9.17) is 5.73 Å². The zero-order valence-electron chi connectivity index (χ0n) is 12.5. The molecule has 0 aliphatic carbocycles. The Morgan fingerprint density at radius 2 is 1.91 bits per heavy atom. The molecule has 0 radical (unpaired) electrons. The largest absolute Gasteiger partial charge is 0.399 e. The molecule has 0 atom stereocenters. The van der Waals surface area contributed by atoms with Crippen LogP contribution in [0.25, 0.3) is 0 Å². The second-order valence-electron chi connectivity index (χ2n) is 4.97. The number of anilines is 1. The molecule has 0 bridgehead atoms. The summed E-state index contributed by atoms with van der Waals surface area (Å²) in [5.41, 5.74) is 8.04. The van der Waals surface area contributed by atoms with E-state index in [-0.39, 0.29) is 30.7 Å². The van der Waals surface area contributed by atoms with Gasteiger partial charge in [-0.1, -0.05) is 26.0 Å². The monoisotopic (exact) mass is 361 g/mol. The van der Waals surface area contributed by atoms with Gasteiger partial charge in [-0.25, -0.2) is 4.98 Å². The maximum Gasteiger partial charge on any atom is 0.270 e. The lowest BCUT2D eigenvalue weighted by atomic mass is 10.1. The van der Waals surface area contributed by atoms with Gasteiger partial charge in [-0.15, -0.1) is 36.2 Å². The number of nitrogens with two attached hydrogens (primary N) is 1. The Morgan fingerprint density at radius 1 is 1.27 bits per heavy atom. The highest BCUT2D eigenvalue weighted by atomic mass is 35.5. The molecule has 0 saturated carbocycles. The van der Waals surface area contributed by atoms with Crippen molar-refractivity contribution in [3.63, 3.8) is 0 Å². The molecule has 4 nitrogen and oxygen atoms in total. The molecule has 1 heterocycles. The molecule has 0 aliphatic rings. The highest BCUT2D eigenvalue weighted by molar-refractivity contribution is 7.09. The Labute approximate surface area is 147 Å². The average Bonchev–Trinajstić information content (AvgIpc) is 2.91. The van der Waals surface area contributed by atoms with E-state index in [1.165, 1.54) is 11.3 Å². The summed E-state index contributed by atoms with van der Waals surface area (Å²) in [5, 5.41) is 5.70. The van der Waals surface area contributed by atoms with Crippen LogP contribution in [0.3, 0.4) is 0 Å². The van der Waals surface area contributed by atoms with Crippen molar-refractivity contribution in [1.29, 1.82) is 0 Å². The Hall–Kier alpha value is -1.30. The predicted molar refractivity (Wildman–Crippen MR) is 97.6 cm³/mol. The molecule has 1 aromatic carbocycles. The number of aromatic nitrogens is 1. The average molecular weight is 362 g/mol. The van der Waals surface area contributed by atoms with Crippen LogP contribution in [0.4, 0.5) is 5.69 Å². The fourth-order valence-corrected chi connectivity index (χ4v) is 2.57. The van der Waals surface area contributed by atoms with Crippen molar-refractivity contribution in [3.8, 4) is 0 Å². The van der Waals surface area contributed by atoms with Gasteiger partial charge in [-0.3, -0.25) is 4.79 Å². The van der Waals surface area contributed by atoms with E-state index >= 15 is 0 Å². The third kappa shape index (κ3) is 5.83. The number of hydrogen-bond donors (Lipinski definition) is 2. The van der Waals surface area contributed by atoms with Crippen LogP contribution in [0.5, 0.6) is 0 Å². The van der Waals surface area contributed by atoms with E-state index in [9.17, 15) is 4.79 Å². The minimum absolute atomic E-state index is 0. The van der Waals surface area contributed by atoms with Crippen molar-refractivity contribution < 1.29 is 4.79 Å². The van der Waals surface area contributed by atoms with E-state index in [1.54, 1.807) is 0 Å². The normalized spacial score (nSPS) is 9.77. The van der Waals surface area contributed by atoms with Gasteiger partial charge in [0.1, 0.15) is 5.69 Å². The number of nitrogens with zero attached hydrogens (tertiary/aromatic N) is 1. The van der Waals surface area contributed by atoms with Gasteiger partial charge in [-0.2, -0.15) is 0 Å². The van der Waals surface area contributed by atoms with Crippen molar-refractivity contribution >= 4 is 47.7 Å². The fourth-order valence-electron chi connectivity index (χ4n) is 1.75. The quantitative estimate of drug-likeness (QED) is 0.798. The number of nitrogen functional groups attached to an aromatic ring is 1. The minimum Gasteiger partial charge on any atom is -0.399 e. The van der Waals surface area contributed by atoms with Crippen LogP contribution >= 0.6 is 36.2 Å². The Morgan fingerprint density at radius 3 is 2.45 bits per heavy atom. The molecule has 3 N–H and O–H groups in total. The number of thiazole rings is 1. The SMILES string of the molecule is CC(C)c1nc(C(=O)NCCc2ccc(N)cc2)cs1.Cl.Cl. The second kappa shape index (κ2) is 9.66. The first-order valence-electron chi connectivity index (χ1n) is 6.64. The summed E-state index contributed by atoms with van der Waals surface area (Å²) >= 11 is 1.53. The maximum absolute atomic E-state index is 11.9. The number of amides is 1. The number of hydrogen-bond acceptors (Lipinski definition) is 4. The van der Waals surface area contributed by atoms with E-state index in [1.807, 2.05) is 29.6 Å². The number of nitrogens with one attached hydrogen (secondary N) is 1. The first-order chi connectivity index (χ1) is 9.56. The molecule has 7 heteroatoms. The standard InChI is InChI=1S/C15H19N3OS.2ClH/c1-10(2)15-18-13(9-20-15)14(19)17-8-7-11-3-5-12(16)6-4-11;;/h3-6,9-10H,7-8,16H2,1-2H3,(H,17,19);2*1H. The molecule has 0 unspecified atom stereocenters. The zero-order chi connectivity index (χ0) is 14.5. The summed E-state index contributed by atoms with van der Waals surface area (Å²) in [5.74, 6) is 0.250. The Bertz CT molecular complexity index is 585. The molecule has 1 amide bonds. The van der Waals surface area contributed by atoms with E-state index < -0.39 is 0 Å². The summed E-state index contributed by atoms with van der Waals surface area (Å²) in [4.78, 5) is 16.3. The van der Waals surface area contributed by atoms with Gasteiger partial charge in [0.05, 0.1) is 5.01 Å². The van der Waals surface area contributed by atoms with Gasteiger partial charge in [0.2, 0.25) is 0 Å². The predicted octanol–water partition coefficient (Wildman–Crippen LogP) is 3.66. The van der Waals surface area contributed by atoms with Gasteiger partial charge in [0, 0.05) is 23.5 Å². The summed E-state index contributed by atoms with van der Waals surface area (Å²) in [6, 6.07) is 7.68. The number of rotatable bonds is 5. The molecule has 122 valence electrons. The molecule has 22 heavy (non-hydrogen) atoms. The third-order valence-electron chi connectivity index (χ3n) is 2.93. The lowest BCUT2D eigenvalue weighted by molar-refractivity contribution is 0.0949. The minimum atomic E-state index is -0.108. The summed E-state index contributed by atoms with van der Waals surface area (Å²) in [6.45, 7) is 4.74. The van der Waals surface area contributed by atoms with Crippen LogP contribution in [0.1, 0.15) is 40.8 Å². The van der Waals surface area contributed by atoms with Gasteiger partial charge < -0.3 is 11.1 Å². The number of benzene rings is 1. The van der Waals surface area contributed by atoms with Crippen LogP contribution in [0, 0.1) is 0 Å². The molecule has 0 spiro atoms. The van der Waals surface area contributed by atoms with Crippen molar-refractivity contribution in [2.75, 3.05) is 12.3 Å². The third-order valence-corrected chi connectivity index (χ3v) is 4.07. The topological polar surface area (TPSA) is 68.0 Å². The molecular formula is C15H21Cl2N3OS. The smallest absolute Gasteiger partial charge is 0.270 e. The maximum atomic E-state index is 11.9. The van der Waals surface area contributed by atoms with Crippen molar-refractivity contribution in [2.24, 2.45) is 0 Å². The lowest BCUT2D eigenvalue weighted by Crippen LogP contribution is -2.26. The van der Waals surface area contributed by atoms with Crippen molar-refractivity contribution in [2.45, 2.75) is 26.2 Å². The first-order valence-corrected chi connectivity index (χ1v) is 7.52. The lowest BCUT2D eigenvalue weighted by Gasteiger charge is -2.04. The van der Waals surface area contributed by atoms with Crippen molar-refractivity contribution in [3.05, 3.63) is 45.9 Å². The number of carbonyl (C=O) groups is 1. The Kier molecular flexibility index (Phi) is 9.09. The first kappa shape index (κ1) is 20.7. The molecule has 2 aromatic rings. The summed E-state index contributed by atoms with van der Waals surface area (Å²) in [6.07, 6.45) is 0.785. The molecule has 0 aliphatic heterocycles. The molecule has 1 aromatic heterocycles. The van der Waals surface area contributed by atoms with Gasteiger partial charge in [0.25, 0.3) is 5.91 Å². The number of carbonyl (C=O) groups excluding carboxylic acids is 1. The molecular weight excluding hydrogens is 341 g/mol. The zero-order valence-corrected chi connectivity index (χ0v) is 15.0. The Balaban J connectivity index is 0.00000220. The highest BCUT2D eigenvalue weighted by Gasteiger charge is 2.11. The van der Waals surface area contributed by atoms with Crippen molar-refractivity contribution in [1.82, 2.24) is 10.3 Å². The van der Waals surface area contributed by atoms with Crippen LogP contribution in [0.15, 0.2) is 29.6 Å². The fraction of sp³-hybridized carbons (Fsp3) is 0.333. The van der Waals surface area contributed by atoms with Gasteiger partial charge >= 0.3 is 0 Å². The van der Waals surface area contributed by atoms with Gasteiger partial charge in [-0.05, 0) is 24.1 Å². The van der Waals surface area contributed by atoms with E-state index in [2.05, 4.69) is 24.1 Å². The van der Waals surface area contributed by atoms with Gasteiger partial charge in [0.15, 0.2) is 0 Å². The summed E-state index contributed by atoms with van der Waals surface area (Å²) in [7, 11) is 0. The molecule has 0 fully saturated rings. The van der Waals surface area contributed by atoms with Crippen LogP contribution in [0.2, 0.25) is 0 Å². The van der Waals surface area contributed by atoms with E-state index in [0.717, 1.165) is 22.7 Å². The van der Waals surface area contributed by atoms with Crippen LogP contribution < -0.4 is 11.1 Å².